The van der Waals surface area contributed by atoms with E-state index in [1.165, 1.54) is 18.2 Å². The van der Waals surface area contributed by atoms with Gasteiger partial charge in [0.15, 0.2) is 6.54 Å². The molecule has 0 atom stereocenters. The van der Waals surface area contributed by atoms with Crippen molar-refractivity contribution in [3.8, 4) is 0 Å². The van der Waals surface area contributed by atoms with E-state index in [0.717, 1.165) is 36.8 Å². The van der Waals surface area contributed by atoms with Gasteiger partial charge in [0.05, 0.1) is 31.1 Å². The third kappa shape index (κ3) is 5.09. The first-order valence-corrected chi connectivity index (χ1v) is 9.26. The lowest BCUT2D eigenvalue weighted by Crippen LogP contribution is -3.15. The van der Waals surface area contributed by atoms with E-state index in [2.05, 4.69) is 10.2 Å². The summed E-state index contributed by atoms with van der Waals surface area (Å²) in [6.45, 7) is 3.43. The Kier molecular flexibility index (Phi) is 6.15. The predicted octanol–water partition coefficient (Wildman–Crippen LogP) is 2.25. The highest BCUT2D eigenvalue weighted by Gasteiger charge is 2.24. The molecule has 0 spiro atoms. The second-order valence-electron chi connectivity index (χ2n) is 6.36. The number of hydrogen-bond acceptors (Lipinski definition) is 4. The monoisotopic (exact) mass is 409 g/mol. The van der Waals surface area contributed by atoms with Crippen molar-refractivity contribution < 1.29 is 14.6 Å². The van der Waals surface area contributed by atoms with Crippen LogP contribution in [-0.4, -0.2) is 43.6 Å². The van der Waals surface area contributed by atoms with Crippen LogP contribution in [-0.2, 0) is 4.79 Å². The Balaban J connectivity index is 1.56. The second kappa shape index (κ2) is 8.56. The molecule has 2 aromatic rings. The summed E-state index contributed by atoms with van der Waals surface area (Å²) in [5.74, 6) is -0.272. The first-order valence-electron chi connectivity index (χ1n) is 8.50. The minimum absolute atomic E-state index is 0.120. The van der Waals surface area contributed by atoms with Crippen LogP contribution in [0.1, 0.15) is 0 Å². The van der Waals surface area contributed by atoms with Gasteiger partial charge < -0.3 is 15.1 Å². The zero-order chi connectivity index (χ0) is 19.4. The lowest BCUT2D eigenvalue weighted by Gasteiger charge is -2.33. The second-order valence-corrected chi connectivity index (χ2v) is 7.23. The van der Waals surface area contributed by atoms with Crippen LogP contribution in [0.3, 0.4) is 0 Å². The van der Waals surface area contributed by atoms with Gasteiger partial charge in [0, 0.05) is 21.8 Å². The maximum atomic E-state index is 12.3. The molecule has 142 valence electrons. The van der Waals surface area contributed by atoms with Crippen molar-refractivity contribution in [3.05, 3.63) is 62.6 Å². The molecule has 1 saturated heterocycles. The minimum Gasteiger partial charge on any atom is -0.360 e. The SMILES string of the molecule is O=C(C[NH+]1CCN(c2cccc(Cl)c2)CC1)Nc1cc(Cl)ccc1[N+](=O)[O-]. The quantitative estimate of drug-likeness (QED) is 0.586. The maximum Gasteiger partial charge on any atom is 0.292 e. The van der Waals surface area contributed by atoms with Crippen molar-refractivity contribution in [2.45, 2.75) is 0 Å². The van der Waals surface area contributed by atoms with Gasteiger partial charge in [0.25, 0.3) is 11.6 Å². The zero-order valence-electron chi connectivity index (χ0n) is 14.5. The normalized spacial score (nSPS) is 14.8. The summed E-state index contributed by atoms with van der Waals surface area (Å²) in [7, 11) is 0. The summed E-state index contributed by atoms with van der Waals surface area (Å²) < 4.78 is 0. The molecule has 1 fully saturated rings. The molecule has 0 aromatic heterocycles. The number of anilines is 2. The van der Waals surface area contributed by atoms with Crippen LogP contribution in [0, 0.1) is 10.1 Å². The summed E-state index contributed by atoms with van der Waals surface area (Å²) in [6, 6.07) is 11.8. The molecule has 0 unspecified atom stereocenters. The number of amides is 1. The molecule has 1 amide bonds. The molecule has 0 radical (unpaired) electrons. The average Bonchev–Trinajstić information content (AvgIpc) is 2.62. The predicted molar refractivity (Wildman–Crippen MR) is 106 cm³/mol. The Labute approximate surface area is 166 Å². The van der Waals surface area contributed by atoms with Gasteiger partial charge in [0.1, 0.15) is 5.69 Å². The summed E-state index contributed by atoms with van der Waals surface area (Å²) in [4.78, 5) is 26.2. The van der Waals surface area contributed by atoms with Gasteiger partial charge in [-0.1, -0.05) is 29.3 Å². The summed E-state index contributed by atoms with van der Waals surface area (Å²) in [5, 5.41) is 14.7. The van der Waals surface area contributed by atoms with Crippen LogP contribution in [0.25, 0.3) is 0 Å². The molecule has 0 bridgehead atoms. The van der Waals surface area contributed by atoms with Crippen molar-refractivity contribution in [2.24, 2.45) is 0 Å². The maximum absolute atomic E-state index is 12.3. The minimum atomic E-state index is -0.539. The number of rotatable bonds is 5. The first kappa shape index (κ1) is 19.4. The lowest BCUT2D eigenvalue weighted by atomic mass is 10.2. The molecule has 27 heavy (non-hydrogen) atoms. The van der Waals surface area contributed by atoms with Crippen LogP contribution in [0.5, 0.6) is 0 Å². The van der Waals surface area contributed by atoms with Gasteiger partial charge in [0.2, 0.25) is 0 Å². The molecule has 7 nitrogen and oxygen atoms in total. The van der Waals surface area contributed by atoms with Gasteiger partial charge in [-0.15, -0.1) is 0 Å². The Hall–Kier alpha value is -2.35. The van der Waals surface area contributed by atoms with Crippen LogP contribution < -0.4 is 15.1 Å². The van der Waals surface area contributed by atoms with E-state index in [1.54, 1.807) is 0 Å². The van der Waals surface area contributed by atoms with Crippen molar-refractivity contribution >= 4 is 46.2 Å². The Morgan fingerprint density at radius 1 is 1.15 bits per heavy atom. The Morgan fingerprint density at radius 2 is 1.85 bits per heavy atom. The number of nitro benzene ring substituents is 1. The number of nitro groups is 1. The van der Waals surface area contributed by atoms with Crippen molar-refractivity contribution in [1.82, 2.24) is 0 Å². The number of carbonyl (C=O) groups excluding carboxylic acids is 1. The third-order valence-corrected chi connectivity index (χ3v) is 4.95. The van der Waals surface area contributed by atoms with E-state index >= 15 is 0 Å². The van der Waals surface area contributed by atoms with E-state index in [-0.39, 0.29) is 23.8 Å². The molecule has 3 rings (SSSR count). The van der Waals surface area contributed by atoms with Crippen LogP contribution in [0.4, 0.5) is 17.1 Å². The molecule has 0 aliphatic carbocycles. The molecular formula is C18H19Cl2N4O3+. The van der Waals surface area contributed by atoms with E-state index in [1.807, 2.05) is 24.3 Å². The number of quaternary nitrogens is 1. The van der Waals surface area contributed by atoms with E-state index < -0.39 is 4.92 Å². The number of nitrogens with one attached hydrogen (secondary N) is 2. The lowest BCUT2D eigenvalue weighted by molar-refractivity contribution is -0.892. The standard InChI is InChI=1S/C18H18Cl2N4O3/c19-13-2-1-3-15(10-13)23-8-6-22(7-9-23)12-18(25)21-16-11-14(20)4-5-17(16)24(26)27/h1-5,10-11H,6-9,12H2,(H,21,25)/p+1. The fourth-order valence-corrected chi connectivity index (χ4v) is 3.48. The highest BCUT2D eigenvalue weighted by atomic mass is 35.5. The molecule has 9 heteroatoms. The number of benzene rings is 2. The largest absolute Gasteiger partial charge is 0.360 e. The van der Waals surface area contributed by atoms with Crippen molar-refractivity contribution in [1.29, 1.82) is 0 Å². The van der Waals surface area contributed by atoms with Gasteiger partial charge in [-0.05, 0) is 30.3 Å². The summed E-state index contributed by atoms with van der Waals surface area (Å²) >= 11 is 11.9. The first-order chi connectivity index (χ1) is 12.9. The van der Waals surface area contributed by atoms with E-state index in [9.17, 15) is 14.9 Å². The van der Waals surface area contributed by atoms with Gasteiger partial charge in [-0.25, -0.2) is 0 Å². The fraction of sp³-hybridized carbons (Fsp3) is 0.278. The topological polar surface area (TPSA) is 79.9 Å². The van der Waals surface area contributed by atoms with Crippen LogP contribution >= 0.6 is 23.2 Å². The number of halogens is 2. The highest BCUT2D eigenvalue weighted by molar-refractivity contribution is 6.31. The number of piperazine rings is 1. The summed E-state index contributed by atoms with van der Waals surface area (Å²) in [6.07, 6.45) is 0. The average molecular weight is 410 g/mol. The molecule has 2 N–H and O–H groups in total. The van der Waals surface area contributed by atoms with Gasteiger partial charge in [-0.3, -0.25) is 14.9 Å². The molecule has 2 aromatic carbocycles. The molecule has 1 heterocycles. The fourth-order valence-electron chi connectivity index (χ4n) is 3.12. The zero-order valence-corrected chi connectivity index (χ0v) is 16.0. The Morgan fingerprint density at radius 3 is 2.52 bits per heavy atom. The molecule has 1 aliphatic heterocycles. The third-order valence-electron chi connectivity index (χ3n) is 4.48. The number of carbonyl (C=O) groups is 1. The summed E-state index contributed by atoms with van der Waals surface area (Å²) in [5.41, 5.74) is 1.02. The van der Waals surface area contributed by atoms with Gasteiger partial charge in [-0.2, -0.15) is 0 Å². The van der Waals surface area contributed by atoms with Crippen LogP contribution in [0.2, 0.25) is 10.0 Å². The molecular weight excluding hydrogens is 391 g/mol. The smallest absolute Gasteiger partial charge is 0.292 e. The van der Waals surface area contributed by atoms with Crippen LogP contribution in [0.15, 0.2) is 42.5 Å². The number of nitrogens with zero attached hydrogens (tertiary/aromatic N) is 2. The molecule has 1 aliphatic rings. The van der Waals surface area contributed by atoms with Crippen molar-refractivity contribution in [2.75, 3.05) is 42.9 Å². The van der Waals surface area contributed by atoms with Crippen molar-refractivity contribution in [3.63, 3.8) is 0 Å². The Bertz CT molecular complexity index is 854. The molecule has 0 saturated carbocycles. The van der Waals surface area contributed by atoms with E-state index in [0.29, 0.717) is 10.0 Å². The number of hydrogen-bond donors (Lipinski definition) is 2. The highest BCUT2D eigenvalue weighted by Crippen LogP contribution is 2.27. The van der Waals surface area contributed by atoms with E-state index in [4.69, 9.17) is 23.2 Å². The van der Waals surface area contributed by atoms with Gasteiger partial charge >= 0.3 is 0 Å².